The molecule has 1 aliphatic rings. The fraction of sp³-hybridized carbons (Fsp3) is 0.913. The lowest BCUT2D eigenvalue weighted by Crippen LogP contribution is -2.64. The van der Waals surface area contributed by atoms with Crippen molar-refractivity contribution in [2.45, 2.75) is 129 Å². The highest BCUT2D eigenvalue weighted by molar-refractivity contribution is 6.07. The number of amides is 2. The summed E-state index contributed by atoms with van der Waals surface area (Å²) in [4.78, 5) is 27.4. The van der Waals surface area contributed by atoms with Crippen molar-refractivity contribution in [1.82, 2.24) is 4.90 Å². The van der Waals surface area contributed by atoms with E-state index in [-0.39, 0.29) is 5.91 Å². The van der Waals surface area contributed by atoms with Crippen LogP contribution in [0.3, 0.4) is 0 Å². The molecule has 6 nitrogen and oxygen atoms in total. The molecule has 6 heteroatoms. The fourth-order valence-corrected chi connectivity index (χ4v) is 4.96. The Hall–Kier alpha value is -1.14. The Bertz CT molecular complexity index is 519. The van der Waals surface area contributed by atoms with Crippen LogP contribution in [-0.2, 0) is 9.59 Å². The van der Waals surface area contributed by atoms with Gasteiger partial charge in [-0.25, -0.2) is 0 Å². The van der Waals surface area contributed by atoms with Crippen molar-refractivity contribution >= 4 is 11.8 Å². The van der Waals surface area contributed by atoms with Gasteiger partial charge in [0.25, 0.3) is 0 Å². The third-order valence-electron chi connectivity index (χ3n) is 6.99. The Morgan fingerprint density at radius 2 is 1.17 bits per heavy atom. The van der Waals surface area contributed by atoms with E-state index in [4.69, 9.17) is 5.73 Å². The number of rotatable bonds is 14. The Morgan fingerprint density at radius 3 is 1.38 bits per heavy atom. The molecule has 0 aromatic rings. The molecule has 170 valence electrons. The van der Waals surface area contributed by atoms with Crippen LogP contribution in [0.25, 0.3) is 0 Å². The normalized spacial score (nSPS) is 18.2. The molecule has 1 fully saturated rings. The maximum atomic E-state index is 13.7. The van der Waals surface area contributed by atoms with Gasteiger partial charge in [0.2, 0.25) is 11.8 Å². The summed E-state index contributed by atoms with van der Waals surface area (Å²) in [5.74, 6) is -0.933. The van der Waals surface area contributed by atoms with Crippen molar-refractivity contribution in [3.63, 3.8) is 0 Å². The molecule has 2 unspecified atom stereocenters. The van der Waals surface area contributed by atoms with Gasteiger partial charge >= 0.3 is 0 Å². The summed E-state index contributed by atoms with van der Waals surface area (Å²) < 4.78 is 0. The molecule has 2 atom stereocenters. The molecule has 0 aliphatic heterocycles. The van der Waals surface area contributed by atoms with Crippen molar-refractivity contribution in [3.05, 3.63) is 0 Å². The first-order valence-electron chi connectivity index (χ1n) is 11.6. The minimum atomic E-state index is -1.18. The number of primary amides is 1. The third kappa shape index (κ3) is 5.32. The van der Waals surface area contributed by atoms with E-state index in [0.29, 0.717) is 38.5 Å². The maximum Gasteiger partial charge on any atom is 0.238 e. The second-order valence-electron chi connectivity index (χ2n) is 9.22. The average molecular weight is 413 g/mol. The van der Waals surface area contributed by atoms with E-state index in [1.165, 1.54) is 0 Å². The van der Waals surface area contributed by atoms with Crippen molar-refractivity contribution in [2.75, 3.05) is 0 Å². The van der Waals surface area contributed by atoms with Gasteiger partial charge in [0.05, 0.1) is 23.3 Å². The van der Waals surface area contributed by atoms with Crippen LogP contribution in [0.1, 0.15) is 106 Å². The smallest absolute Gasteiger partial charge is 0.238 e. The molecule has 1 rings (SSSR count). The molecule has 2 amide bonds. The Balaban J connectivity index is 3.45. The molecule has 1 saturated carbocycles. The standard InChI is InChI=1S/C23H44N2O4/c1-7-11-22(28,12-8-2)17(5)25(20(27)21(15-16-21)19(24)26)18(6)23(29,13-9-3)14-10-4/h17-18,28-29H,7-16H2,1-6H3,(H2,24,26). The zero-order valence-corrected chi connectivity index (χ0v) is 19.5. The van der Waals surface area contributed by atoms with Crippen molar-refractivity contribution in [2.24, 2.45) is 11.1 Å². The van der Waals surface area contributed by atoms with Crippen LogP contribution < -0.4 is 5.73 Å². The van der Waals surface area contributed by atoms with Gasteiger partial charge in [0, 0.05) is 0 Å². The number of nitrogens with zero attached hydrogens (tertiary/aromatic N) is 1. The van der Waals surface area contributed by atoms with Crippen LogP contribution in [0.2, 0.25) is 0 Å². The molecule has 0 heterocycles. The maximum absolute atomic E-state index is 13.7. The second kappa shape index (κ2) is 10.3. The van der Waals surface area contributed by atoms with E-state index in [0.717, 1.165) is 25.7 Å². The SMILES string of the molecule is CCCC(O)(CCC)C(C)N(C(=O)C1(C(N)=O)CC1)C(C)C(O)(CCC)CCC. The second-order valence-corrected chi connectivity index (χ2v) is 9.22. The number of hydrogen-bond donors (Lipinski definition) is 3. The topological polar surface area (TPSA) is 104 Å². The molecule has 4 N–H and O–H groups in total. The molecule has 29 heavy (non-hydrogen) atoms. The Kier molecular flexibility index (Phi) is 9.15. The van der Waals surface area contributed by atoms with Gasteiger partial charge in [-0.2, -0.15) is 0 Å². The molecule has 1 aliphatic carbocycles. The monoisotopic (exact) mass is 412 g/mol. The lowest BCUT2D eigenvalue weighted by Gasteiger charge is -2.49. The third-order valence-corrected chi connectivity index (χ3v) is 6.99. The van der Waals surface area contributed by atoms with Gasteiger partial charge in [-0.05, 0) is 52.4 Å². The summed E-state index contributed by atoms with van der Waals surface area (Å²) in [6.07, 6.45) is 6.25. The predicted molar refractivity (Wildman–Crippen MR) is 116 cm³/mol. The van der Waals surface area contributed by atoms with Crippen molar-refractivity contribution in [1.29, 1.82) is 0 Å². The summed E-state index contributed by atoms with van der Waals surface area (Å²) in [5.41, 5.74) is 2.30. The molecule has 0 aromatic heterocycles. The zero-order chi connectivity index (χ0) is 22.5. The largest absolute Gasteiger partial charge is 0.388 e. The van der Waals surface area contributed by atoms with Crippen molar-refractivity contribution in [3.8, 4) is 0 Å². The molecular weight excluding hydrogens is 368 g/mol. The van der Waals surface area contributed by atoms with Crippen LogP contribution in [0.5, 0.6) is 0 Å². The van der Waals surface area contributed by atoms with Crippen molar-refractivity contribution < 1.29 is 19.8 Å². The van der Waals surface area contributed by atoms with Crippen LogP contribution in [0.4, 0.5) is 0 Å². The first-order valence-corrected chi connectivity index (χ1v) is 11.6. The Morgan fingerprint density at radius 1 is 0.862 bits per heavy atom. The molecule has 0 bridgehead atoms. The summed E-state index contributed by atoms with van der Waals surface area (Å²) in [5, 5.41) is 23.0. The van der Waals surface area contributed by atoms with E-state index < -0.39 is 34.6 Å². The summed E-state index contributed by atoms with van der Waals surface area (Å²) >= 11 is 0. The quantitative estimate of drug-likeness (QED) is 0.380. The molecular formula is C23H44N2O4. The highest BCUT2D eigenvalue weighted by Crippen LogP contribution is 2.49. The van der Waals surface area contributed by atoms with E-state index >= 15 is 0 Å². The van der Waals surface area contributed by atoms with Gasteiger partial charge in [-0.3, -0.25) is 9.59 Å². The highest BCUT2D eigenvalue weighted by atomic mass is 16.3. The van der Waals surface area contributed by atoms with E-state index in [2.05, 4.69) is 0 Å². The van der Waals surface area contributed by atoms with E-state index in [9.17, 15) is 19.8 Å². The fourth-order valence-electron chi connectivity index (χ4n) is 4.96. The van der Waals surface area contributed by atoms with E-state index in [1.54, 1.807) is 4.90 Å². The van der Waals surface area contributed by atoms with Gasteiger partial charge in [0.15, 0.2) is 0 Å². The lowest BCUT2D eigenvalue weighted by atomic mass is 9.79. The summed E-state index contributed by atoms with van der Waals surface area (Å²) in [7, 11) is 0. The molecule has 0 spiro atoms. The molecule has 0 saturated heterocycles. The summed E-state index contributed by atoms with van der Waals surface area (Å²) in [6, 6.07) is -1.05. The van der Waals surface area contributed by atoms with E-state index in [1.807, 2.05) is 41.5 Å². The number of carbonyl (C=O) groups is 2. The van der Waals surface area contributed by atoms with Gasteiger partial charge in [-0.15, -0.1) is 0 Å². The van der Waals surface area contributed by atoms with Gasteiger partial charge < -0.3 is 20.8 Å². The van der Waals surface area contributed by atoms with Crippen LogP contribution in [0, 0.1) is 5.41 Å². The predicted octanol–water partition coefficient (Wildman–Crippen LogP) is 3.52. The first-order chi connectivity index (χ1) is 13.5. The number of aliphatic hydroxyl groups is 2. The minimum Gasteiger partial charge on any atom is -0.388 e. The lowest BCUT2D eigenvalue weighted by molar-refractivity contribution is -0.165. The number of hydrogen-bond acceptors (Lipinski definition) is 4. The van der Waals surface area contributed by atoms with Crippen LogP contribution in [-0.4, -0.2) is 50.2 Å². The molecule has 0 aromatic carbocycles. The number of nitrogens with two attached hydrogens (primary N) is 1. The van der Waals surface area contributed by atoms with Crippen LogP contribution in [0.15, 0.2) is 0 Å². The average Bonchev–Trinajstić information content (AvgIpc) is 3.44. The van der Waals surface area contributed by atoms with Gasteiger partial charge in [-0.1, -0.05) is 53.4 Å². The highest BCUT2D eigenvalue weighted by Gasteiger charge is 2.60. The summed E-state index contributed by atoms with van der Waals surface area (Å²) in [6.45, 7) is 11.8. The zero-order valence-electron chi connectivity index (χ0n) is 19.5. The number of carbonyl (C=O) groups excluding carboxylic acids is 2. The first kappa shape index (κ1) is 25.9. The van der Waals surface area contributed by atoms with Gasteiger partial charge in [0.1, 0.15) is 5.41 Å². The Labute approximate surface area is 177 Å². The minimum absolute atomic E-state index is 0.332. The van der Waals surface area contributed by atoms with Crippen LogP contribution >= 0.6 is 0 Å². The molecule has 0 radical (unpaired) electrons.